The predicted octanol–water partition coefficient (Wildman–Crippen LogP) is 0.147. The fraction of sp³-hybridized carbons (Fsp3) is 0.421. The largest absolute Gasteiger partial charge is 0.490 e. The minimum Gasteiger partial charge on any atom is -0.456 e. The van der Waals surface area contributed by atoms with Crippen LogP contribution in [-0.4, -0.2) is 68.9 Å². The highest BCUT2D eigenvalue weighted by Crippen LogP contribution is 2.66. The monoisotopic (exact) mass is 669 g/mol. The maximum atomic E-state index is 13.2. The lowest BCUT2D eigenvalue weighted by Crippen LogP contribution is -2.35. The van der Waals surface area contributed by atoms with Crippen molar-refractivity contribution in [2.75, 3.05) is 12.3 Å². The van der Waals surface area contributed by atoms with E-state index in [9.17, 15) is 33.1 Å². The molecule has 21 nitrogen and oxygen atoms in total. The maximum absolute atomic E-state index is 13.2. The number of nitrogens with zero attached hydrogens (tertiary/aromatic N) is 4. The Morgan fingerprint density at radius 2 is 1.88 bits per heavy atom. The first-order valence-electron chi connectivity index (χ1n) is 11.9. The van der Waals surface area contributed by atoms with Crippen LogP contribution >= 0.6 is 23.5 Å². The summed E-state index contributed by atoms with van der Waals surface area (Å²) in [6, 6.07) is 2.88. The molecule has 4 heterocycles. The maximum Gasteiger partial charge on any atom is 0.490 e. The van der Waals surface area contributed by atoms with Crippen molar-refractivity contribution in [1.29, 1.82) is 0 Å². The fourth-order valence-corrected chi connectivity index (χ4v) is 7.08. The third-order valence-corrected chi connectivity index (χ3v) is 9.46. The first-order chi connectivity index (χ1) is 19.7. The van der Waals surface area contributed by atoms with Crippen molar-refractivity contribution in [1.82, 2.24) is 24.5 Å². The lowest BCUT2D eigenvalue weighted by atomic mass is 9.97. The number of nitrogens with two attached hydrogens (primary N) is 2. The lowest BCUT2D eigenvalue weighted by molar-refractivity contribution is -0.0490. The Labute approximate surface area is 240 Å². The van der Waals surface area contributed by atoms with Gasteiger partial charge in [-0.2, -0.15) is 13.6 Å². The van der Waals surface area contributed by atoms with Gasteiger partial charge in [-0.3, -0.25) is 23.9 Å². The fourth-order valence-electron chi connectivity index (χ4n) is 4.05. The van der Waals surface area contributed by atoms with Gasteiger partial charge in [-0.05, 0) is 26.0 Å². The Morgan fingerprint density at radius 1 is 1.19 bits per heavy atom. The molecule has 3 unspecified atom stereocenters. The molecule has 0 bridgehead atoms. The van der Waals surface area contributed by atoms with Gasteiger partial charge in [0, 0.05) is 12.6 Å². The molecule has 1 aliphatic heterocycles. The number of phosphoric acid groups is 3. The minimum absolute atomic E-state index is 0.000796. The Hall–Kier alpha value is -2.90. The number of hydrogen-bond acceptors (Lipinski definition) is 15. The second-order valence-electron chi connectivity index (χ2n) is 9.59. The number of carbonyl (C=O) groups is 1. The van der Waals surface area contributed by atoms with Crippen LogP contribution in [0.2, 0.25) is 0 Å². The van der Waals surface area contributed by atoms with Crippen LogP contribution in [0.3, 0.4) is 0 Å². The molecular formula is C19H26N7O14P3. The van der Waals surface area contributed by atoms with E-state index < -0.39 is 65.6 Å². The average Bonchev–Trinajstić information content (AvgIpc) is 3.44. The highest BCUT2D eigenvalue weighted by Gasteiger charge is 2.45. The molecule has 1 saturated heterocycles. The number of esters is 1. The van der Waals surface area contributed by atoms with Crippen molar-refractivity contribution in [3.63, 3.8) is 0 Å². The number of aromatic amines is 1. The number of H-pyrrole nitrogens is 1. The van der Waals surface area contributed by atoms with E-state index in [2.05, 4.69) is 28.6 Å². The number of nitrogens with one attached hydrogen (secondary N) is 1. The normalized spacial score (nSPS) is 22.3. The van der Waals surface area contributed by atoms with E-state index in [-0.39, 0.29) is 34.8 Å². The molecule has 236 valence electrons. The van der Waals surface area contributed by atoms with Gasteiger partial charge in [0.15, 0.2) is 11.2 Å². The Morgan fingerprint density at radius 3 is 2.53 bits per heavy atom. The Bertz CT molecular complexity index is 1730. The first kappa shape index (κ1) is 33.0. The number of phosphoric ester groups is 1. The highest BCUT2D eigenvalue weighted by molar-refractivity contribution is 7.66. The first-order valence-corrected chi connectivity index (χ1v) is 16.4. The summed E-state index contributed by atoms with van der Waals surface area (Å²) in [6.07, 6.45) is -1.28. The van der Waals surface area contributed by atoms with E-state index >= 15 is 0 Å². The standard InChI is InChI=1S/C19H26N7O14P3/c1-19(2,21)14-9(4-3-5-22-14)17(28)38-10-6-12(26-8-23-13-15(26)24-18(20)25-16(13)27)37-11(10)7-36-42(32,33)40-43(34,35)39-41(29,30)31/h3-5,8,10-12H,6-7,21H2,1-2H3,(H,32,33)(H,34,35)(H2,29,30,31)(H3,20,24,25,27)/t10-,11?,12-/m1/s1. The molecule has 9 N–H and O–H groups in total. The van der Waals surface area contributed by atoms with Gasteiger partial charge in [0.1, 0.15) is 18.4 Å². The average molecular weight is 669 g/mol. The summed E-state index contributed by atoms with van der Waals surface area (Å²) < 4.78 is 59.8. The number of fused-ring (bicyclic) bond motifs is 1. The number of rotatable bonds is 11. The van der Waals surface area contributed by atoms with Crippen molar-refractivity contribution >= 4 is 46.5 Å². The smallest absolute Gasteiger partial charge is 0.456 e. The van der Waals surface area contributed by atoms with Crippen molar-refractivity contribution in [2.45, 2.75) is 44.2 Å². The molecule has 4 rings (SSSR count). The van der Waals surface area contributed by atoms with Crippen molar-refractivity contribution in [3.8, 4) is 0 Å². The molecule has 0 aliphatic carbocycles. The molecule has 3 aromatic rings. The van der Waals surface area contributed by atoms with E-state index in [1.54, 1.807) is 13.8 Å². The number of anilines is 1. The minimum atomic E-state index is -5.80. The van der Waals surface area contributed by atoms with Crippen molar-refractivity contribution in [2.24, 2.45) is 5.73 Å². The van der Waals surface area contributed by atoms with Gasteiger partial charge in [0.25, 0.3) is 5.56 Å². The van der Waals surface area contributed by atoms with Crippen LogP contribution in [0.1, 0.15) is 42.5 Å². The number of imidazole rings is 1. The van der Waals surface area contributed by atoms with Crippen molar-refractivity contribution in [3.05, 3.63) is 46.3 Å². The zero-order valence-electron chi connectivity index (χ0n) is 22.1. The number of ether oxygens (including phenoxy) is 2. The van der Waals surface area contributed by atoms with Gasteiger partial charge in [-0.15, -0.1) is 0 Å². The molecule has 0 spiro atoms. The van der Waals surface area contributed by atoms with Gasteiger partial charge < -0.3 is 40.5 Å². The summed E-state index contributed by atoms with van der Waals surface area (Å²) in [4.78, 5) is 76.6. The van der Waals surface area contributed by atoms with Gasteiger partial charge in [-0.25, -0.2) is 23.5 Å². The molecule has 43 heavy (non-hydrogen) atoms. The number of pyridine rings is 1. The van der Waals surface area contributed by atoms with E-state index in [0.717, 1.165) is 0 Å². The van der Waals surface area contributed by atoms with Crippen LogP contribution in [0.25, 0.3) is 11.2 Å². The second-order valence-corrected chi connectivity index (χ2v) is 14.0. The molecule has 1 fully saturated rings. The quantitative estimate of drug-likeness (QED) is 0.105. The molecule has 0 radical (unpaired) electrons. The van der Waals surface area contributed by atoms with Gasteiger partial charge in [-0.1, -0.05) is 0 Å². The lowest BCUT2D eigenvalue weighted by Gasteiger charge is -2.23. The topological polar surface area (TPSA) is 324 Å². The van der Waals surface area contributed by atoms with Gasteiger partial charge in [0.05, 0.1) is 29.7 Å². The molecule has 0 saturated carbocycles. The summed E-state index contributed by atoms with van der Waals surface area (Å²) >= 11 is 0. The highest BCUT2D eigenvalue weighted by atomic mass is 31.3. The summed E-state index contributed by atoms with van der Waals surface area (Å²) in [7, 11) is -17.0. The molecule has 0 aromatic carbocycles. The predicted molar refractivity (Wildman–Crippen MR) is 142 cm³/mol. The summed E-state index contributed by atoms with van der Waals surface area (Å²) in [5.41, 5.74) is 10.1. The van der Waals surface area contributed by atoms with Crippen LogP contribution in [0.4, 0.5) is 5.95 Å². The Balaban J connectivity index is 1.61. The second kappa shape index (κ2) is 11.9. The SMILES string of the molecule is CC(C)(N)c1ncccc1C(=O)O[C@@H]1C[C@H](n2cnc3c(=O)[nH]c(N)nc32)OC1COP(=O)(O)OP(=O)(O)OP(=O)(O)O. The summed E-state index contributed by atoms with van der Waals surface area (Å²) in [6.45, 7) is 2.27. The number of carbonyl (C=O) groups excluding carboxylic acids is 1. The third-order valence-electron chi connectivity index (χ3n) is 5.66. The zero-order chi connectivity index (χ0) is 32.0. The van der Waals surface area contributed by atoms with Crippen LogP contribution in [0.5, 0.6) is 0 Å². The number of nitrogen functional groups attached to an aromatic ring is 1. The molecule has 1 aliphatic rings. The third kappa shape index (κ3) is 8.18. The van der Waals surface area contributed by atoms with Crippen LogP contribution in [0.15, 0.2) is 29.5 Å². The van der Waals surface area contributed by atoms with Crippen LogP contribution in [0, 0.1) is 0 Å². The van der Waals surface area contributed by atoms with E-state index in [1.807, 2.05) is 0 Å². The molecule has 24 heteroatoms. The summed E-state index contributed by atoms with van der Waals surface area (Å²) in [5.74, 6) is -1.15. The molecule has 5 atom stereocenters. The Kier molecular flexibility index (Phi) is 9.12. The number of hydrogen-bond donors (Lipinski definition) is 7. The molecular weight excluding hydrogens is 643 g/mol. The van der Waals surface area contributed by atoms with Crippen LogP contribution in [-0.2, 0) is 41.9 Å². The summed E-state index contributed by atoms with van der Waals surface area (Å²) in [5, 5.41) is 0. The van der Waals surface area contributed by atoms with Gasteiger partial charge in [0.2, 0.25) is 5.95 Å². The molecule has 3 aromatic heterocycles. The van der Waals surface area contributed by atoms with E-state index in [0.29, 0.717) is 0 Å². The molecule has 0 amide bonds. The van der Waals surface area contributed by atoms with Crippen molar-refractivity contribution < 1.29 is 60.7 Å². The van der Waals surface area contributed by atoms with E-state index in [4.69, 9.17) is 35.3 Å². The van der Waals surface area contributed by atoms with Gasteiger partial charge >= 0.3 is 29.4 Å². The number of aromatic nitrogens is 5. The zero-order valence-corrected chi connectivity index (χ0v) is 24.8. The van der Waals surface area contributed by atoms with Crippen LogP contribution < -0.4 is 17.0 Å². The van der Waals surface area contributed by atoms with E-state index in [1.165, 1.54) is 29.2 Å².